The lowest BCUT2D eigenvalue weighted by molar-refractivity contribution is -0.125. The summed E-state index contributed by atoms with van der Waals surface area (Å²) in [6.07, 6.45) is 2.55. The monoisotopic (exact) mass is 516 g/mol. The third-order valence-corrected chi connectivity index (χ3v) is 8.12. The summed E-state index contributed by atoms with van der Waals surface area (Å²) in [6, 6.07) is 18.7. The lowest BCUT2D eigenvalue weighted by Crippen LogP contribution is -2.42. The van der Waals surface area contributed by atoms with Gasteiger partial charge in [-0.15, -0.1) is 5.10 Å². The maximum absolute atomic E-state index is 13.6. The zero-order valence-electron chi connectivity index (χ0n) is 19.9. The van der Waals surface area contributed by atoms with E-state index in [0.717, 1.165) is 22.0 Å². The van der Waals surface area contributed by atoms with Crippen LogP contribution >= 0.6 is 23.4 Å². The molecule has 2 atom stereocenters. The summed E-state index contributed by atoms with van der Waals surface area (Å²) in [6.45, 7) is 4.12. The normalized spacial score (nSPS) is 20.4. The molecular weight excluding hydrogens is 492 g/mol. The van der Waals surface area contributed by atoms with Gasteiger partial charge in [0.2, 0.25) is 11.1 Å². The molecule has 4 aromatic rings. The number of fused-ring (bicyclic) bond motifs is 3. The Kier molecular flexibility index (Phi) is 5.57. The van der Waals surface area contributed by atoms with Crippen molar-refractivity contribution in [2.75, 3.05) is 5.32 Å². The number of ketones is 1. The summed E-state index contributed by atoms with van der Waals surface area (Å²) in [5.74, 6) is 0.941. The molecule has 0 fully saturated rings. The fourth-order valence-corrected chi connectivity index (χ4v) is 6.43. The minimum atomic E-state index is -0.524. The summed E-state index contributed by atoms with van der Waals surface area (Å²) in [5, 5.41) is 22.5. The second kappa shape index (κ2) is 8.68. The molecule has 0 saturated heterocycles. The molecule has 8 heteroatoms. The van der Waals surface area contributed by atoms with Crippen LogP contribution in [0.2, 0.25) is 5.02 Å². The van der Waals surface area contributed by atoms with Gasteiger partial charge in [-0.05, 0) is 33.9 Å². The van der Waals surface area contributed by atoms with Crippen LogP contribution in [-0.4, -0.2) is 25.7 Å². The number of hydrogen-bond acceptors (Lipinski definition) is 6. The fraction of sp³-hybridized carbons (Fsp3) is 0.250. The van der Waals surface area contributed by atoms with Gasteiger partial charge < -0.3 is 10.4 Å². The molecule has 0 bridgehead atoms. The number of carbonyl (C=O) groups is 1. The molecule has 3 aromatic carbocycles. The van der Waals surface area contributed by atoms with E-state index in [0.29, 0.717) is 33.9 Å². The molecule has 6 rings (SSSR count). The van der Waals surface area contributed by atoms with E-state index in [2.05, 4.69) is 25.2 Å². The molecule has 2 aliphatic rings. The Morgan fingerprint density at radius 3 is 2.75 bits per heavy atom. The van der Waals surface area contributed by atoms with E-state index in [1.165, 1.54) is 11.8 Å². The van der Waals surface area contributed by atoms with Gasteiger partial charge in [0.1, 0.15) is 17.6 Å². The number of rotatable bonds is 4. The average molecular weight is 517 g/mol. The van der Waals surface area contributed by atoms with Crippen LogP contribution in [0, 0.1) is 11.3 Å². The standard InChI is InChI=1S/C28H25ClN4O2S/c1-28(2)13-20-24(22(35)14-28)25(23-18-9-5-3-7-16(18)11-12-21(23)34)33-26(30-20)31-27(32-33)36-15-17-8-4-6-10-19(17)29/h3-13,24-25,34H,14-15H2,1-2H3,(H,30,31,32)/t24-,25-/m1/s1. The molecule has 182 valence electrons. The van der Waals surface area contributed by atoms with Gasteiger partial charge in [-0.2, -0.15) is 4.98 Å². The Bertz CT molecular complexity index is 1540. The summed E-state index contributed by atoms with van der Waals surface area (Å²) < 4.78 is 1.77. The van der Waals surface area contributed by atoms with Crippen molar-refractivity contribution in [3.05, 3.63) is 88.6 Å². The van der Waals surface area contributed by atoms with Crippen molar-refractivity contribution in [2.24, 2.45) is 11.3 Å². The van der Waals surface area contributed by atoms with E-state index >= 15 is 0 Å². The third-order valence-electron chi connectivity index (χ3n) is 6.86. The van der Waals surface area contributed by atoms with Gasteiger partial charge in [0.25, 0.3) is 0 Å². The second-order valence-electron chi connectivity index (χ2n) is 10.0. The molecule has 0 unspecified atom stereocenters. The molecule has 1 aromatic heterocycles. The number of phenols is 1. The molecule has 2 N–H and O–H groups in total. The first-order valence-corrected chi connectivity index (χ1v) is 13.2. The number of carbonyl (C=O) groups excluding carboxylic acids is 1. The largest absolute Gasteiger partial charge is 0.508 e. The molecule has 1 aliphatic heterocycles. The molecular formula is C28H25ClN4O2S. The van der Waals surface area contributed by atoms with E-state index in [4.69, 9.17) is 21.7 Å². The lowest BCUT2D eigenvalue weighted by Gasteiger charge is -2.40. The van der Waals surface area contributed by atoms with E-state index in [-0.39, 0.29) is 16.9 Å². The van der Waals surface area contributed by atoms with Gasteiger partial charge >= 0.3 is 0 Å². The number of allylic oxidation sites excluding steroid dienone is 2. The van der Waals surface area contributed by atoms with Gasteiger partial charge in [-0.1, -0.05) is 91.8 Å². The third kappa shape index (κ3) is 3.96. The van der Waals surface area contributed by atoms with E-state index in [1.54, 1.807) is 10.7 Å². The number of phenolic OH excluding ortho intramolecular Hbond substituents is 1. The summed E-state index contributed by atoms with van der Waals surface area (Å²) in [4.78, 5) is 18.4. The molecule has 36 heavy (non-hydrogen) atoms. The van der Waals surface area contributed by atoms with Crippen LogP contribution in [-0.2, 0) is 10.5 Å². The van der Waals surface area contributed by atoms with E-state index in [9.17, 15) is 9.90 Å². The first-order chi connectivity index (χ1) is 17.3. The Hall–Kier alpha value is -3.29. The van der Waals surface area contributed by atoms with Crippen molar-refractivity contribution in [1.82, 2.24) is 14.8 Å². The number of halogens is 1. The molecule has 6 nitrogen and oxygen atoms in total. The van der Waals surface area contributed by atoms with Gasteiger partial charge in [0, 0.05) is 28.5 Å². The molecule has 1 aliphatic carbocycles. The molecule has 0 radical (unpaired) electrons. The number of Topliss-reactive ketones (excluding diaryl/α,β-unsaturated/α-hetero) is 1. The summed E-state index contributed by atoms with van der Waals surface area (Å²) in [7, 11) is 0. The van der Waals surface area contributed by atoms with E-state index < -0.39 is 12.0 Å². The highest BCUT2D eigenvalue weighted by atomic mass is 35.5. The van der Waals surface area contributed by atoms with Gasteiger partial charge in [0.15, 0.2) is 0 Å². The highest BCUT2D eigenvalue weighted by Crippen LogP contribution is 2.49. The first-order valence-electron chi connectivity index (χ1n) is 11.9. The van der Waals surface area contributed by atoms with Crippen molar-refractivity contribution in [3.63, 3.8) is 0 Å². The number of aromatic nitrogens is 3. The average Bonchev–Trinajstić information content (AvgIpc) is 3.24. The van der Waals surface area contributed by atoms with Crippen molar-refractivity contribution in [1.29, 1.82) is 0 Å². The van der Waals surface area contributed by atoms with Gasteiger partial charge in [-0.25, -0.2) is 4.68 Å². The lowest BCUT2D eigenvalue weighted by atomic mass is 9.71. The molecule has 2 heterocycles. The van der Waals surface area contributed by atoms with Gasteiger partial charge in [0.05, 0.1) is 5.92 Å². The fourth-order valence-electron chi connectivity index (χ4n) is 5.31. The molecule has 0 saturated carbocycles. The Balaban J connectivity index is 1.50. The van der Waals surface area contributed by atoms with Crippen LogP contribution in [0.3, 0.4) is 0 Å². The smallest absolute Gasteiger partial charge is 0.227 e. The number of aromatic hydroxyl groups is 1. The zero-order valence-corrected chi connectivity index (χ0v) is 21.5. The van der Waals surface area contributed by atoms with Crippen LogP contribution < -0.4 is 5.32 Å². The molecule has 0 amide bonds. The second-order valence-corrected chi connectivity index (χ2v) is 11.4. The quantitative estimate of drug-likeness (QED) is 0.297. The topological polar surface area (TPSA) is 80.0 Å². The number of nitrogens with zero attached hydrogens (tertiary/aromatic N) is 3. The SMILES string of the molecule is CC1(C)C=C2Nc3nc(SCc4ccccc4Cl)nn3[C@H](c3c(O)ccc4ccccc34)[C@H]2C(=O)C1. The number of benzene rings is 3. The number of thioether (sulfide) groups is 1. The minimum absolute atomic E-state index is 0.119. The predicted octanol–water partition coefficient (Wildman–Crippen LogP) is 6.60. The maximum atomic E-state index is 13.6. The number of hydrogen-bond donors (Lipinski definition) is 2. The summed E-state index contributed by atoms with van der Waals surface area (Å²) >= 11 is 7.83. The van der Waals surface area contributed by atoms with Gasteiger partial charge in [-0.3, -0.25) is 4.79 Å². The Labute approximate surface area is 218 Å². The van der Waals surface area contributed by atoms with Crippen LogP contribution in [0.1, 0.15) is 37.4 Å². The highest BCUT2D eigenvalue weighted by Gasteiger charge is 2.46. The van der Waals surface area contributed by atoms with Crippen LogP contribution in [0.25, 0.3) is 10.8 Å². The number of nitrogens with one attached hydrogen (secondary N) is 1. The van der Waals surface area contributed by atoms with E-state index in [1.807, 2.05) is 54.6 Å². The highest BCUT2D eigenvalue weighted by molar-refractivity contribution is 7.98. The van der Waals surface area contributed by atoms with Crippen molar-refractivity contribution < 1.29 is 9.90 Å². The van der Waals surface area contributed by atoms with Crippen LogP contribution in [0.5, 0.6) is 5.75 Å². The minimum Gasteiger partial charge on any atom is -0.508 e. The van der Waals surface area contributed by atoms with Crippen molar-refractivity contribution >= 4 is 45.9 Å². The summed E-state index contributed by atoms with van der Waals surface area (Å²) in [5.41, 5.74) is 2.23. The Morgan fingerprint density at radius 2 is 1.92 bits per heavy atom. The van der Waals surface area contributed by atoms with Crippen LogP contribution in [0.15, 0.2) is 77.6 Å². The Morgan fingerprint density at radius 1 is 1.14 bits per heavy atom. The first kappa shape index (κ1) is 23.1. The van der Waals surface area contributed by atoms with Crippen molar-refractivity contribution in [3.8, 4) is 5.75 Å². The maximum Gasteiger partial charge on any atom is 0.227 e. The predicted molar refractivity (Wildman–Crippen MR) is 143 cm³/mol. The van der Waals surface area contributed by atoms with Crippen molar-refractivity contribution in [2.45, 2.75) is 37.2 Å². The zero-order chi connectivity index (χ0) is 25.0. The number of anilines is 1. The van der Waals surface area contributed by atoms with Crippen LogP contribution in [0.4, 0.5) is 5.95 Å². The molecule has 0 spiro atoms.